The van der Waals surface area contributed by atoms with E-state index in [2.05, 4.69) is 34.1 Å². The average molecular weight is 478 g/mol. The highest BCUT2D eigenvalue weighted by atomic mass is 79.9. The maximum absolute atomic E-state index is 13.3. The number of furan rings is 1. The number of fused-ring (bicyclic) bond motifs is 1. The summed E-state index contributed by atoms with van der Waals surface area (Å²) in [4.78, 5) is 12.5. The molecule has 0 radical (unpaired) electrons. The van der Waals surface area contributed by atoms with Crippen molar-refractivity contribution in [3.8, 4) is 17.4 Å². The summed E-state index contributed by atoms with van der Waals surface area (Å²) in [7, 11) is 1.52. The number of nitriles is 1. The van der Waals surface area contributed by atoms with E-state index in [1.807, 2.05) is 6.07 Å². The van der Waals surface area contributed by atoms with Crippen LogP contribution in [0.3, 0.4) is 0 Å². The molecule has 0 fully saturated rings. The number of carbonyl (C=O) groups is 1. The molecule has 0 aliphatic carbocycles. The number of nitrogens with one attached hydrogen (secondary N) is 1. The number of anilines is 1. The first-order valence-electron chi connectivity index (χ1n) is 8.61. The van der Waals surface area contributed by atoms with Crippen LogP contribution in [0.1, 0.15) is 16.8 Å². The van der Waals surface area contributed by atoms with Crippen molar-refractivity contribution in [2.24, 2.45) is 0 Å². The van der Waals surface area contributed by atoms with Crippen LogP contribution in [0, 0.1) is 17.1 Å². The van der Waals surface area contributed by atoms with Crippen molar-refractivity contribution in [3.63, 3.8) is 0 Å². The van der Waals surface area contributed by atoms with E-state index in [4.69, 9.17) is 9.68 Å². The molecule has 0 saturated carbocycles. The molecule has 6 nitrogen and oxygen atoms in total. The second-order valence-corrected chi connectivity index (χ2v) is 7.63. The lowest BCUT2D eigenvalue weighted by atomic mass is 10.0. The summed E-state index contributed by atoms with van der Waals surface area (Å²) >= 11 is 7.86. The van der Waals surface area contributed by atoms with Crippen molar-refractivity contribution < 1.29 is 18.7 Å². The van der Waals surface area contributed by atoms with Gasteiger partial charge in [-0.2, -0.15) is 5.26 Å². The van der Waals surface area contributed by atoms with Crippen molar-refractivity contribution in [2.75, 3.05) is 17.9 Å². The van der Waals surface area contributed by atoms with Crippen LogP contribution in [0.15, 0.2) is 45.3 Å². The Morgan fingerprint density at radius 1 is 1.41 bits per heavy atom. The molecule has 29 heavy (non-hydrogen) atoms. The van der Waals surface area contributed by atoms with E-state index < -0.39 is 11.9 Å². The normalized spacial score (nSPS) is 11.9. The summed E-state index contributed by atoms with van der Waals surface area (Å²) < 4.78 is 21.4. The molecule has 1 unspecified atom stereocenters. The molecule has 1 atom stereocenters. The Bertz CT molecular complexity index is 1100. The van der Waals surface area contributed by atoms with Crippen LogP contribution in [-0.2, 0) is 0 Å². The smallest absolute Gasteiger partial charge is 0.255 e. The lowest BCUT2D eigenvalue weighted by molar-refractivity contribution is 0.0964. The maximum Gasteiger partial charge on any atom is 0.255 e. The molecular formula is C20H17BrFN3O3S. The molecule has 1 aromatic heterocycles. The van der Waals surface area contributed by atoms with E-state index in [0.717, 1.165) is 0 Å². The first-order valence-corrected chi connectivity index (χ1v) is 9.80. The summed E-state index contributed by atoms with van der Waals surface area (Å²) in [5, 5.41) is 21.8. The average Bonchev–Trinajstić information content (AvgIpc) is 3.05. The van der Waals surface area contributed by atoms with E-state index >= 15 is 0 Å². The molecule has 0 bridgehead atoms. The van der Waals surface area contributed by atoms with Crippen LogP contribution in [0.4, 0.5) is 10.1 Å². The minimum absolute atomic E-state index is 0.0206. The van der Waals surface area contributed by atoms with Gasteiger partial charge >= 0.3 is 0 Å². The highest BCUT2D eigenvalue weighted by molar-refractivity contribution is 9.10. The standard InChI is InChI=1S/C20H17BrFN3O3S/c1-24-20(27)18-14-8-15(21)16(25(29)10-13(26)6-7-23)9-17(14)28-19(18)11-2-4-12(22)5-3-11/h2-5,8-9,13,26,29H,6,10H2,1H3,(H,24,27). The number of amides is 1. The third-order valence-electron chi connectivity index (χ3n) is 4.31. The molecule has 0 saturated heterocycles. The number of rotatable bonds is 6. The molecule has 0 spiro atoms. The van der Waals surface area contributed by atoms with Gasteiger partial charge in [0, 0.05) is 28.5 Å². The molecule has 3 rings (SSSR count). The van der Waals surface area contributed by atoms with Crippen molar-refractivity contribution in [1.82, 2.24) is 5.32 Å². The molecule has 2 aromatic carbocycles. The Kier molecular flexibility index (Phi) is 6.47. The van der Waals surface area contributed by atoms with Crippen molar-refractivity contribution in [1.29, 1.82) is 5.26 Å². The van der Waals surface area contributed by atoms with E-state index in [1.165, 1.54) is 23.5 Å². The van der Waals surface area contributed by atoms with Gasteiger partial charge in [-0.05, 0) is 46.3 Å². The van der Waals surface area contributed by atoms with Crippen LogP contribution in [0.25, 0.3) is 22.3 Å². The Hall–Kier alpha value is -2.54. The number of halogens is 2. The largest absolute Gasteiger partial charge is 0.455 e. The fraction of sp³-hybridized carbons (Fsp3) is 0.200. The van der Waals surface area contributed by atoms with E-state index in [-0.39, 0.29) is 18.9 Å². The highest BCUT2D eigenvalue weighted by Gasteiger charge is 2.24. The number of thiol groups is 1. The minimum Gasteiger partial charge on any atom is -0.455 e. The number of hydrogen-bond acceptors (Lipinski definition) is 6. The molecular weight excluding hydrogens is 461 g/mol. The molecule has 2 N–H and O–H groups in total. The molecule has 1 amide bonds. The monoisotopic (exact) mass is 477 g/mol. The summed E-state index contributed by atoms with van der Waals surface area (Å²) in [6, 6.07) is 11.0. The predicted octanol–water partition coefficient (Wildman–Crippen LogP) is 4.29. The Balaban J connectivity index is 2.13. The van der Waals surface area contributed by atoms with Crippen molar-refractivity contribution >= 4 is 51.3 Å². The lowest BCUT2D eigenvalue weighted by Crippen LogP contribution is -2.25. The highest BCUT2D eigenvalue weighted by Crippen LogP contribution is 2.39. The number of aliphatic hydroxyl groups excluding tert-OH is 1. The van der Waals surface area contributed by atoms with Crippen LogP contribution in [0.5, 0.6) is 0 Å². The van der Waals surface area contributed by atoms with Gasteiger partial charge in [-0.1, -0.05) is 12.8 Å². The second kappa shape index (κ2) is 8.86. The summed E-state index contributed by atoms with van der Waals surface area (Å²) in [6.07, 6.45) is -0.888. The van der Waals surface area contributed by atoms with Crippen LogP contribution < -0.4 is 9.62 Å². The molecule has 1 heterocycles. The molecule has 150 valence electrons. The minimum atomic E-state index is -0.868. The summed E-state index contributed by atoms with van der Waals surface area (Å²) in [5.74, 6) is -0.411. The van der Waals surface area contributed by atoms with Gasteiger partial charge in [0.2, 0.25) is 0 Å². The number of aliphatic hydroxyl groups is 1. The van der Waals surface area contributed by atoms with Crippen molar-refractivity contribution in [2.45, 2.75) is 12.5 Å². The van der Waals surface area contributed by atoms with E-state index in [0.29, 0.717) is 38.0 Å². The quantitative estimate of drug-likeness (QED) is 0.460. The van der Waals surface area contributed by atoms with Gasteiger partial charge < -0.3 is 19.1 Å². The zero-order valence-corrected chi connectivity index (χ0v) is 17.8. The first kappa shape index (κ1) is 21.2. The van der Waals surface area contributed by atoms with E-state index in [1.54, 1.807) is 24.3 Å². The van der Waals surface area contributed by atoms with Gasteiger partial charge in [0.05, 0.1) is 36.4 Å². The topological polar surface area (TPSA) is 89.5 Å². The van der Waals surface area contributed by atoms with Gasteiger partial charge in [-0.25, -0.2) is 4.39 Å². The first-order chi connectivity index (χ1) is 13.8. The number of benzene rings is 2. The fourth-order valence-corrected chi connectivity index (χ4v) is 3.97. The van der Waals surface area contributed by atoms with Crippen molar-refractivity contribution in [3.05, 3.63) is 52.3 Å². The molecule has 0 aliphatic heterocycles. The third-order valence-corrected chi connectivity index (χ3v) is 5.32. The van der Waals surface area contributed by atoms with Crippen LogP contribution >= 0.6 is 28.7 Å². The molecule has 3 aromatic rings. The van der Waals surface area contributed by atoms with Crippen LogP contribution in [-0.4, -0.2) is 30.7 Å². The van der Waals surface area contributed by atoms with Gasteiger partial charge in [-0.3, -0.25) is 4.79 Å². The maximum atomic E-state index is 13.3. The Morgan fingerprint density at radius 2 is 2.10 bits per heavy atom. The predicted molar refractivity (Wildman–Crippen MR) is 115 cm³/mol. The van der Waals surface area contributed by atoms with Gasteiger partial charge in [0.25, 0.3) is 5.91 Å². The van der Waals surface area contributed by atoms with Crippen LogP contribution in [0.2, 0.25) is 0 Å². The number of hydrogen-bond donors (Lipinski definition) is 3. The lowest BCUT2D eigenvalue weighted by Gasteiger charge is -2.21. The second-order valence-electron chi connectivity index (χ2n) is 6.29. The zero-order chi connectivity index (χ0) is 21.1. The van der Waals surface area contributed by atoms with E-state index in [9.17, 15) is 14.3 Å². The Morgan fingerprint density at radius 3 is 2.72 bits per heavy atom. The summed E-state index contributed by atoms with van der Waals surface area (Å²) in [6.45, 7) is 0.120. The zero-order valence-electron chi connectivity index (χ0n) is 15.3. The number of carbonyl (C=O) groups excluding carboxylic acids is 1. The van der Waals surface area contributed by atoms with Gasteiger partial charge in [-0.15, -0.1) is 0 Å². The SMILES string of the molecule is CNC(=O)c1c(-c2ccc(F)cc2)oc2cc(N(S)CC(O)CC#N)c(Br)cc12. The Labute approximate surface area is 180 Å². The molecule has 9 heteroatoms. The van der Waals surface area contributed by atoms with Gasteiger partial charge in [0.1, 0.15) is 17.2 Å². The third kappa shape index (κ3) is 4.40. The molecule has 0 aliphatic rings. The fourth-order valence-electron chi connectivity index (χ4n) is 2.93. The number of nitrogens with zero attached hydrogens (tertiary/aromatic N) is 2. The summed E-state index contributed by atoms with van der Waals surface area (Å²) in [5.41, 5.74) is 1.92. The van der Waals surface area contributed by atoms with Gasteiger partial charge in [0.15, 0.2) is 0 Å².